The van der Waals surface area contributed by atoms with E-state index < -0.39 is 5.69 Å². The van der Waals surface area contributed by atoms with E-state index in [1.807, 2.05) is 4.90 Å². The van der Waals surface area contributed by atoms with E-state index in [1.165, 1.54) is 17.4 Å². The second-order valence-electron chi connectivity index (χ2n) is 7.68. The fourth-order valence-electron chi connectivity index (χ4n) is 3.82. The highest BCUT2D eigenvalue weighted by Crippen LogP contribution is 2.28. The van der Waals surface area contributed by atoms with Gasteiger partial charge in [0.2, 0.25) is 5.91 Å². The summed E-state index contributed by atoms with van der Waals surface area (Å²) in [6.45, 7) is 2.92. The molecule has 4 rings (SSSR count). The summed E-state index contributed by atoms with van der Waals surface area (Å²) in [6, 6.07) is 7.50. The van der Waals surface area contributed by atoms with Gasteiger partial charge in [0.15, 0.2) is 0 Å². The Morgan fingerprint density at radius 3 is 2.59 bits per heavy atom. The third-order valence-electron chi connectivity index (χ3n) is 5.69. The number of aromatic nitrogens is 2. The molecule has 144 valence electrons. The predicted octanol–water partition coefficient (Wildman–Crippen LogP) is 1.07. The molecular weight excluding hydrogens is 344 g/mol. The van der Waals surface area contributed by atoms with Crippen molar-refractivity contribution in [2.24, 2.45) is 5.92 Å². The number of rotatable bonds is 6. The molecule has 2 heterocycles. The first kappa shape index (κ1) is 18.0. The van der Waals surface area contributed by atoms with Crippen molar-refractivity contribution in [3.05, 3.63) is 45.1 Å². The molecule has 0 unspecified atom stereocenters. The van der Waals surface area contributed by atoms with Crippen molar-refractivity contribution >= 4 is 16.8 Å². The van der Waals surface area contributed by atoms with Crippen molar-refractivity contribution in [1.82, 2.24) is 19.8 Å². The fraction of sp³-hybridized carbons (Fsp3) is 0.550. The third kappa shape index (κ3) is 4.13. The zero-order chi connectivity index (χ0) is 18.8. The molecule has 1 aromatic carbocycles. The summed E-state index contributed by atoms with van der Waals surface area (Å²) in [7, 11) is 0. The Labute approximate surface area is 157 Å². The van der Waals surface area contributed by atoms with E-state index >= 15 is 0 Å². The van der Waals surface area contributed by atoms with Gasteiger partial charge in [-0.15, -0.1) is 0 Å². The minimum atomic E-state index is -0.463. The molecule has 0 spiro atoms. The van der Waals surface area contributed by atoms with Gasteiger partial charge in [0.25, 0.3) is 5.56 Å². The number of amides is 1. The van der Waals surface area contributed by atoms with Crippen LogP contribution in [0.2, 0.25) is 0 Å². The highest BCUT2D eigenvalue weighted by Gasteiger charge is 2.25. The van der Waals surface area contributed by atoms with Crippen molar-refractivity contribution in [3.63, 3.8) is 0 Å². The van der Waals surface area contributed by atoms with E-state index in [1.54, 1.807) is 24.3 Å². The number of hydrogen-bond acceptors (Lipinski definition) is 4. The zero-order valence-electron chi connectivity index (χ0n) is 15.4. The maximum Gasteiger partial charge on any atom is 0.328 e. The first-order chi connectivity index (χ1) is 13.1. The van der Waals surface area contributed by atoms with E-state index in [4.69, 9.17) is 0 Å². The van der Waals surface area contributed by atoms with Crippen molar-refractivity contribution in [2.45, 2.75) is 44.7 Å². The van der Waals surface area contributed by atoms with Gasteiger partial charge in [-0.3, -0.25) is 19.1 Å². The summed E-state index contributed by atoms with van der Waals surface area (Å²) in [6.07, 6.45) is 4.93. The van der Waals surface area contributed by atoms with Gasteiger partial charge in [-0.05, 0) is 50.3 Å². The summed E-state index contributed by atoms with van der Waals surface area (Å²) in [4.78, 5) is 40.9. The van der Waals surface area contributed by atoms with Crippen molar-refractivity contribution in [3.8, 4) is 0 Å². The normalized spacial score (nSPS) is 18.1. The summed E-state index contributed by atoms with van der Waals surface area (Å²) in [5.41, 5.74) is -0.282. The maximum absolute atomic E-state index is 12.6. The quantitative estimate of drug-likeness (QED) is 0.796. The Morgan fingerprint density at radius 2 is 1.85 bits per heavy atom. The maximum atomic E-state index is 12.6. The standard InChI is InChI=1S/C20H26N4O3/c25-18(23-10-7-15(8-11-23)21-13-14-5-6-14)9-12-24-17-4-2-1-3-16(17)19(26)22-20(24)27/h1-4,14-15,21H,5-13H2,(H,22,26,27). The van der Waals surface area contributed by atoms with Crippen molar-refractivity contribution in [2.75, 3.05) is 19.6 Å². The number of aryl methyl sites for hydroxylation is 1. The lowest BCUT2D eigenvalue weighted by Crippen LogP contribution is -2.45. The van der Waals surface area contributed by atoms with E-state index in [9.17, 15) is 14.4 Å². The second kappa shape index (κ2) is 7.68. The van der Waals surface area contributed by atoms with Gasteiger partial charge in [-0.1, -0.05) is 12.1 Å². The largest absolute Gasteiger partial charge is 0.343 e. The molecule has 0 radical (unpaired) electrons. The lowest BCUT2D eigenvalue weighted by atomic mass is 10.0. The molecule has 7 nitrogen and oxygen atoms in total. The number of carbonyl (C=O) groups excluding carboxylic acids is 1. The topological polar surface area (TPSA) is 87.2 Å². The van der Waals surface area contributed by atoms with E-state index in [2.05, 4.69) is 10.3 Å². The number of aromatic amines is 1. The SMILES string of the molecule is O=C(CCn1c(=O)[nH]c(=O)c2ccccc21)N1CCC(NCC2CC2)CC1. The van der Waals surface area contributed by atoms with E-state index in [0.717, 1.165) is 38.4 Å². The predicted molar refractivity (Wildman–Crippen MR) is 104 cm³/mol. The molecule has 2 aliphatic rings. The van der Waals surface area contributed by atoms with Gasteiger partial charge in [-0.2, -0.15) is 0 Å². The Bertz CT molecular complexity index is 936. The average molecular weight is 370 g/mol. The van der Waals surface area contributed by atoms with Crippen LogP contribution in [-0.4, -0.2) is 46.0 Å². The summed E-state index contributed by atoms with van der Waals surface area (Å²) in [5.74, 6) is 0.938. The lowest BCUT2D eigenvalue weighted by Gasteiger charge is -2.32. The van der Waals surface area contributed by atoms with Crippen LogP contribution in [0, 0.1) is 5.92 Å². The molecule has 2 N–H and O–H groups in total. The minimum Gasteiger partial charge on any atom is -0.343 e. The van der Waals surface area contributed by atoms with E-state index in [-0.39, 0.29) is 24.4 Å². The highest BCUT2D eigenvalue weighted by molar-refractivity contribution is 5.79. The molecule has 1 aromatic heterocycles. The number of nitrogens with one attached hydrogen (secondary N) is 2. The second-order valence-corrected chi connectivity index (χ2v) is 7.68. The number of H-pyrrole nitrogens is 1. The molecular formula is C20H26N4O3. The molecule has 1 aliphatic carbocycles. The highest BCUT2D eigenvalue weighted by atomic mass is 16.2. The van der Waals surface area contributed by atoms with Crippen LogP contribution in [0.15, 0.2) is 33.9 Å². The van der Waals surface area contributed by atoms with Crippen molar-refractivity contribution in [1.29, 1.82) is 0 Å². The van der Waals surface area contributed by atoms with Crippen LogP contribution in [0.3, 0.4) is 0 Å². The van der Waals surface area contributed by atoms with E-state index in [0.29, 0.717) is 16.9 Å². The number of piperidine rings is 1. The van der Waals surface area contributed by atoms with Gasteiger partial charge in [-0.25, -0.2) is 4.79 Å². The number of nitrogens with zero attached hydrogens (tertiary/aromatic N) is 2. The summed E-state index contributed by atoms with van der Waals surface area (Å²) < 4.78 is 1.48. The zero-order valence-corrected chi connectivity index (χ0v) is 15.4. The van der Waals surface area contributed by atoms with Crippen LogP contribution in [-0.2, 0) is 11.3 Å². The Balaban J connectivity index is 1.35. The Morgan fingerprint density at radius 1 is 1.11 bits per heavy atom. The number of hydrogen-bond donors (Lipinski definition) is 2. The monoisotopic (exact) mass is 370 g/mol. The molecule has 0 bridgehead atoms. The number of likely N-dealkylation sites (tertiary alicyclic amines) is 1. The van der Waals surface area contributed by atoms with Gasteiger partial charge in [0.05, 0.1) is 10.9 Å². The molecule has 1 saturated heterocycles. The molecule has 0 atom stereocenters. The average Bonchev–Trinajstić information content (AvgIpc) is 3.51. The van der Waals surface area contributed by atoms with Gasteiger partial charge >= 0.3 is 5.69 Å². The minimum absolute atomic E-state index is 0.0674. The lowest BCUT2D eigenvalue weighted by molar-refractivity contribution is -0.132. The first-order valence-corrected chi connectivity index (χ1v) is 9.85. The fourth-order valence-corrected chi connectivity index (χ4v) is 3.82. The third-order valence-corrected chi connectivity index (χ3v) is 5.69. The van der Waals surface area contributed by atoms with Crippen LogP contribution in [0.4, 0.5) is 0 Å². The molecule has 1 aliphatic heterocycles. The van der Waals surface area contributed by atoms with Gasteiger partial charge in [0, 0.05) is 32.1 Å². The van der Waals surface area contributed by atoms with Crippen LogP contribution >= 0.6 is 0 Å². The van der Waals surface area contributed by atoms with Crippen LogP contribution in [0.1, 0.15) is 32.1 Å². The number of para-hydroxylation sites is 1. The van der Waals surface area contributed by atoms with Crippen molar-refractivity contribution < 1.29 is 4.79 Å². The number of carbonyl (C=O) groups is 1. The smallest absolute Gasteiger partial charge is 0.328 e. The van der Waals surface area contributed by atoms with Crippen LogP contribution in [0.5, 0.6) is 0 Å². The number of benzene rings is 1. The Hall–Kier alpha value is -2.41. The van der Waals surface area contributed by atoms with Crippen LogP contribution < -0.4 is 16.6 Å². The van der Waals surface area contributed by atoms with Gasteiger partial charge in [0.1, 0.15) is 0 Å². The Kier molecular flexibility index (Phi) is 5.11. The first-order valence-electron chi connectivity index (χ1n) is 9.85. The summed E-state index contributed by atoms with van der Waals surface area (Å²) in [5, 5.41) is 4.08. The number of fused-ring (bicyclic) bond motifs is 1. The molecule has 1 amide bonds. The molecule has 27 heavy (non-hydrogen) atoms. The van der Waals surface area contributed by atoms with Gasteiger partial charge < -0.3 is 10.2 Å². The molecule has 7 heteroatoms. The van der Waals surface area contributed by atoms with Crippen LogP contribution in [0.25, 0.3) is 10.9 Å². The molecule has 2 fully saturated rings. The summed E-state index contributed by atoms with van der Waals surface area (Å²) >= 11 is 0. The molecule has 2 aromatic rings. The molecule has 1 saturated carbocycles.